The predicted octanol–water partition coefficient (Wildman–Crippen LogP) is 4.09. The van der Waals surface area contributed by atoms with Gasteiger partial charge in [-0.05, 0) is 18.2 Å². The number of carbonyl (C=O) groups is 1. The molecule has 108 valence electrons. The van der Waals surface area contributed by atoms with E-state index < -0.39 is 4.92 Å². The molecule has 0 fully saturated rings. The summed E-state index contributed by atoms with van der Waals surface area (Å²) < 4.78 is 5.31. The predicted molar refractivity (Wildman–Crippen MR) is 80.7 cm³/mol. The molecular weight excluding hydrogens is 282 g/mol. The molecule has 0 aliphatic carbocycles. The van der Waals surface area contributed by atoms with Crippen LogP contribution in [0.2, 0.25) is 0 Å². The average molecular weight is 293 g/mol. The molecule has 1 heterocycles. The molecule has 0 radical (unpaired) electrons. The van der Waals surface area contributed by atoms with Crippen molar-refractivity contribution in [3.8, 4) is 11.3 Å². The highest BCUT2D eigenvalue weighted by Crippen LogP contribution is 2.30. The summed E-state index contributed by atoms with van der Waals surface area (Å²) in [6.07, 6.45) is 1.46. The van der Waals surface area contributed by atoms with E-state index in [9.17, 15) is 14.9 Å². The molecule has 1 aromatic heterocycles. The zero-order valence-corrected chi connectivity index (χ0v) is 11.4. The fourth-order valence-corrected chi connectivity index (χ4v) is 2.22. The molecule has 0 spiro atoms. The van der Waals surface area contributed by atoms with Gasteiger partial charge in [0.05, 0.1) is 11.2 Å². The quantitative estimate of drug-likeness (QED) is 0.412. The maximum absolute atomic E-state index is 12.6. The SMILES string of the molecule is O=C(c1ccccc1)c1ccc([N+](=O)[O-])cc1-c1ccco1. The van der Waals surface area contributed by atoms with Crippen LogP contribution in [-0.2, 0) is 0 Å². The van der Waals surface area contributed by atoms with Gasteiger partial charge in [-0.15, -0.1) is 0 Å². The fourth-order valence-electron chi connectivity index (χ4n) is 2.22. The first-order chi connectivity index (χ1) is 10.7. The Labute approximate surface area is 126 Å². The minimum Gasteiger partial charge on any atom is -0.464 e. The second-order valence-corrected chi connectivity index (χ2v) is 4.66. The maximum atomic E-state index is 12.6. The van der Waals surface area contributed by atoms with Crippen LogP contribution in [0.3, 0.4) is 0 Å². The molecule has 0 amide bonds. The number of nitrogens with zero attached hydrogens (tertiary/aromatic N) is 1. The Morgan fingerprint density at radius 2 is 1.77 bits per heavy atom. The third kappa shape index (κ3) is 2.52. The Bertz CT molecular complexity index is 823. The first-order valence-corrected chi connectivity index (χ1v) is 6.59. The van der Waals surface area contributed by atoms with Gasteiger partial charge in [0.1, 0.15) is 5.76 Å². The lowest BCUT2D eigenvalue weighted by Crippen LogP contribution is -2.04. The van der Waals surface area contributed by atoms with E-state index in [2.05, 4.69) is 0 Å². The van der Waals surface area contributed by atoms with Gasteiger partial charge in [-0.1, -0.05) is 30.3 Å². The largest absolute Gasteiger partial charge is 0.464 e. The Hall–Kier alpha value is -3.21. The van der Waals surface area contributed by atoms with Gasteiger partial charge in [0.15, 0.2) is 5.78 Å². The van der Waals surface area contributed by atoms with Crippen molar-refractivity contribution in [2.75, 3.05) is 0 Å². The third-order valence-electron chi connectivity index (χ3n) is 3.28. The van der Waals surface area contributed by atoms with Crippen LogP contribution in [0.15, 0.2) is 71.3 Å². The number of ketones is 1. The van der Waals surface area contributed by atoms with E-state index in [1.54, 1.807) is 36.4 Å². The molecule has 0 atom stereocenters. The molecule has 2 aromatic carbocycles. The van der Waals surface area contributed by atoms with Crippen molar-refractivity contribution in [2.24, 2.45) is 0 Å². The highest BCUT2D eigenvalue weighted by atomic mass is 16.6. The number of furan rings is 1. The molecule has 0 N–H and O–H groups in total. The number of non-ortho nitro benzene ring substituents is 1. The zero-order valence-electron chi connectivity index (χ0n) is 11.4. The van der Waals surface area contributed by atoms with Crippen molar-refractivity contribution >= 4 is 11.5 Å². The second-order valence-electron chi connectivity index (χ2n) is 4.66. The topological polar surface area (TPSA) is 73.3 Å². The molecule has 0 unspecified atom stereocenters. The average Bonchev–Trinajstić information content (AvgIpc) is 3.08. The molecule has 5 heteroatoms. The smallest absolute Gasteiger partial charge is 0.270 e. The monoisotopic (exact) mass is 293 g/mol. The number of hydrogen-bond acceptors (Lipinski definition) is 4. The number of hydrogen-bond donors (Lipinski definition) is 0. The van der Waals surface area contributed by atoms with Gasteiger partial charge >= 0.3 is 0 Å². The van der Waals surface area contributed by atoms with Crippen LogP contribution in [0.4, 0.5) is 5.69 Å². The van der Waals surface area contributed by atoms with Crippen LogP contribution in [0, 0.1) is 10.1 Å². The Morgan fingerprint density at radius 1 is 1.00 bits per heavy atom. The molecule has 0 saturated carbocycles. The van der Waals surface area contributed by atoms with Gasteiger partial charge in [-0.2, -0.15) is 0 Å². The van der Waals surface area contributed by atoms with Crippen LogP contribution >= 0.6 is 0 Å². The van der Waals surface area contributed by atoms with E-state index in [4.69, 9.17) is 4.42 Å². The Kier molecular flexibility index (Phi) is 3.53. The van der Waals surface area contributed by atoms with E-state index in [-0.39, 0.29) is 11.5 Å². The van der Waals surface area contributed by atoms with E-state index >= 15 is 0 Å². The summed E-state index contributed by atoms with van der Waals surface area (Å²) in [5.74, 6) is 0.213. The number of nitro groups is 1. The highest BCUT2D eigenvalue weighted by Gasteiger charge is 2.19. The summed E-state index contributed by atoms with van der Waals surface area (Å²) in [5, 5.41) is 11.0. The van der Waals surface area contributed by atoms with E-state index in [0.717, 1.165) is 0 Å². The first kappa shape index (κ1) is 13.8. The molecule has 0 bridgehead atoms. The Balaban J connectivity index is 2.15. The van der Waals surface area contributed by atoms with Gasteiger partial charge < -0.3 is 4.42 Å². The zero-order chi connectivity index (χ0) is 15.5. The summed E-state index contributed by atoms with van der Waals surface area (Å²) in [7, 11) is 0. The number of carbonyl (C=O) groups excluding carboxylic acids is 1. The summed E-state index contributed by atoms with van der Waals surface area (Å²) in [6, 6.07) is 16.2. The summed E-state index contributed by atoms with van der Waals surface area (Å²) in [4.78, 5) is 23.1. The highest BCUT2D eigenvalue weighted by molar-refractivity contribution is 6.12. The van der Waals surface area contributed by atoms with Gasteiger partial charge in [0, 0.05) is 28.8 Å². The lowest BCUT2D eigenvalue weighted by atomic mass is 9.96. The third-order valence-corrected chi connectivity index (χ3v) is 3.28. The normalized spacial score (nSPS) is 10.4. The molecule has 0 aliphatic rings. The van der Waals surface area contributed by atoms with Gasteiger partial charge in [0.2, 0.25) is 0 Å². The van der Waals surface area contributed by atoms with Crippen molar-refractivity contribution < 1.29 is 14.1 Å². The molecule has 5 nitrogen and oxygen atoms in total. The number of nitro benzene ring substituents is 1. The molecule has 3 aromatic rings. The standard InChI is InChI=1S/C17H11NO4/c19-17(12-5-2-1-3-6-12)14-9-8-13(18(20)21)11-15(14)16-7-4-10-22-16/h1-11H. The van der Waals surface area contributed by atoms with Crippen LogP contribution in [-0.4, -0.2) is 10.7 Å². The summed E-state index contributed by atoms with van der Waals surface area (Å²) >= 11 is 0. The number of benzene rings is 2. The van der Waals surface area contributed by atoms with Crippen molar-refractivity contribution in [3.05, 3.63) is 88.2 Å². The molecule has 3 rings (SSSR count). The first-order valence-electron chi connectivity index (χ1n) is 6.59. The Morgan fingerprint density at radius 3 is 2.41 bits per heavy atom. The van der Waals surface area contributed by atoms with E-state index in [1.165, 1.54) is 24.5 Å². The van der Waals surface area contributed by atoms with Crippen molar-refractivity contribution in [3.63, 3.8) is 0 Å². The van der Waals surface area contributed by atoms with E-state index in [0.29, 0.717) is 22.5 Å². The molecule has 0 aliphatic heterocycles. The van der Waals surface area contributed by atoms with Crippen LogP contribution in [0.25, 0.3) is 11.3 Å². The fraction of sp³-hybridized carbons (Fsp3) is 0. The molecule has 0 saturated heterocycles. The van der Waals surface area contributed by atoms with Crippen molar-refractivity contribution in [1.29, 1.82) is 0 Å². The maximum Gasteiger partial charge on any atom is 0.270 e. The van der Waals surface area contributed by atoms with Gasteiger partial charge in [0.25, 0.3) is 5.69 Å². The molecular formula is C17H11NO4. The minimum atomic E-state index is -0.497. The summed E-state index contributed by atoms with van der Waals surface area (Å²) in [6.45, 7) is 0. The molecule has 22 heavy (non-hydrogen) atoms. The van der Waals surface area contributed by atoms with Crippen LogP contribution in [0.5, 0.6) is 0 Å². The van der Waals surface area contributed by atoms with Crippen molar-refractivity contribution in [2.45, 2.75) is 0 Å². The number of rotatable bonds is 4. The van der Waals surface area contributed by atoms with Crippen LogP contribution < -0.4 is 0 Å². The van der Waals surface area contributed by atoms with Gasteiger partial charge in [-0.3, -0.25) is 14.9 Å². The van der Waals surface area contributed by atoms with Gasteiger partial charge in [-0.25, -0.2) is 0 Å². The lowest BCUT2D eigenvalue weighted by Gasteiger charge is -2.07. The lowest BCUT2D eigenvalue weighted by molar-refractivity contribution is -0.384. The second kappa shape index (κ2) is 5.65. The van der Waals surface area contributed by atoms with Crippen LogP contribution in [0.1, 0.15) is 15.9 Å². The summed E-state index contributed by atoms with van der Waals surface area (Å²) in [5.41, 5.74) is 1.21. The van der Waals surface area contributed by atoms with Crippen molar-refractivity contribution in [1.82, 2.24) is 0 Å². The van der Waals surface area contributed by atoms with E-state index in [1.807, 2.05) is 6.07 Å². The minimum absolute atomic E-state index is 0.0870.